The average molecular weight is 270 g/mol. The van der Waals surface area contributed by atoms with Crippen molar-refractivity contribution in [3.63, 3.8) is 0 Å². The van der Waals surface area contributed by atoms with Gasteiger partial charge in [0.15, 0.2) is 0 Å². The van der Waals surface area contributed by atoms with E-state index in [1.165, 1.54) is 0 Å². The van der Waals surface area contributed by atoms with Crippen LogP contribution >= 0.6 is 11.6 Å². The molecule has 0 heterocycles. The molecule has 0 aliphatic rings. The summed E-state index contributed by atoms with van der Waals surface area (Å²) in [5.41, 5.74) is 1.03. The Morgan fingerprint density at radius 2 is 1.89 bits per heavy atom. The first-order valence-corrected chi connectivity index (χ1v) is 6.36. The van der Waals surface area contributed by atoms with E-state index in [0.717, 1.165) is 18.5 Å². The molecule has 0 unspecified atom stereocenters. The fourth-order valence-electron chi connectivity index (χ4n) is 1.44. The van der Waals surface area contributed by atoms with E-state index in [4.69, 9.17) is 11.6 Å². The zero-order valence-corrected chi connectivity index (χ0v) is 11.6. The molecular formula is C13H20ClN3O. The van der Waals surface area contributed by atoms with Crippen LogP contribution in [0.15, 0.2) is 24.3 Å². The van der Waals surface area contributed by atoms with Crippen molar-refractivity contribution in [2.24, 2.45) is 0 Å². The molecule has 0 saturated carbocycles. The first-order chi connectivity index (χ1) is 8.58. The van der Waals surface area contributed by atoms with Crippen LogP contribution in [-0.4, -0.2) is 38.1 Å². The summed E-state index contributed by atoms with van der Waals surface area (Å²) in [6.07, 6.45) is 0.946. The summed E-state index contributed by atoms with van der Waals surface area (Å²) >= 11 is 5.78. The Labute approximate surface area is 113 Å². The zero-order chi connectivity index (χ0) is 13.4. The summed E-state index contributed by atoms with van der Waals surface area (Å²) in [5.74, 6) is 0. The van der Waals surface area contributed by atoms with Gasteiger partial charge in [0.1, 0.15) is 0 Å². The van der Waals surface area contributed by atoms with E-state index in [1.807, 2.05) is 38.4 Å². The smallest absolute Gasteiger partial charge is 0.315 e. The van der Waals surface area contributed by atoms with Gasteiger partial charge in [-0.2, -0.15) is 0 Å². The van der Waals surface area contributed by atoms with Gasteiger partial charge in [-0.15, -0.1) is 0 Å². The van der Waals surface area contributed by atoms with Crippen molar-refractivity contribution in [3.8, 4) is 0 Å². The van der Waals surface area contributed by atoms with Gasteiger partial charge in [0.25, 0.3) is 0 Å². The highest BCUT2D eigenvalue weighted by Gasteiger charge is 2.00. The number of nitrogens with zero attached hydrogens (tertiary/aromatic N) is 1. The largest absolute Gasteiger partial charge is 0.338 e. The van der Waals surface area contributed by atoms with Crippen LogP contribution < -0.4 is 10.6 Å². The van der Waals surface area contributed by atoms with Gasteiger partial charge in [-0.1, -0.05) is 23.7 Å². The number of benzene rings is 1. The highest BCUT2D eigenvalue weighted by molar-refractivity contribution is 6.30. The SMILES string of the molecule is CN(C)CCCNC(=O)NCc1ccc(Cl)cc1. The molecule has 0 atom stereocenters. The molecule has 100 valence electrons. The molecule has 0 aromatic heterocycles. The normalized spacial score (nSPS) is 10.4. The van der Waals surface area contributed by atoms with Crippen molar-refractivity contribution in [1.82, 2.24) is 15.5 Å². The van der Waals surface area contributed by atoms with Crippen molar-refractivity contribution >= 4 is 17.6 Å². The Hall–Kier alpha value is -1.26. The lowest BCUT2D eigenvalue weighted by Crippen LogP contribution is -2.36. The summed E-state index contributed by atoms with van der Waals surface area (Å²) < 4.78 is 0. The van der Waals surface area contributed by atoms with E-state index in [9.17, 15) is 4.79 Å². The van der Waals surface area contributed by atoms with Crippen molar-refractivity contribution in [2.75, 3.05) is 27.2 Å². The van der Waals surface area contributed by atoms with E-state index < -0.39 is 0 Å². The van der Waals surface area contributed by atoms with Crippen LogP contribution in [0.5, 0.6) is 0 Å². The van der Waals surface area contributed by atoms with Crippen LogP contribution in [0.3, 0.4) is 0 Å². The molecule has 2 N–H and O–H groups in total. The molecule has 1 rings (SSSR count). The molecule has 4 nitrogen and oxygen atoms in total. The van der Waals surface area contributed by atoms with Gasteiger partial charge in [0.2, 0.25) is 0 Å². The molecule has 18 heavy (non-hydrogen) atoms. The molecular weight excluding hydrogens is 250 g/mol. The predicted octanol–water partition coefficient (Wildman–Crippen LogP) is 2.09. The number of carbonyl (C=O) groups excluding carboxylic acids is 1. The van der Waals surface area contributed by atoms with Crippen LogP contribution in [0.2, 0.25) is 5.02 Å². The maximum atomic E-state index is 11.5. The molecule has 1 aromatic rings. The van der Waals surface area contributed by atoms with Gasteiger partial charge in [0, 0.05) is 18.1 Å². The molecule has 0 fully saturated rings. The Bertz CT molecular complexity index is 365. The molecule has 2 amide bonds. The van der Waals surface area contributed by atoms with Crippen LogP contribution in [0.25, 0.3) is 0 Å². The summed E-state index contributed by atoms with van der Waals surface area (Å²) in [4.78, 5) is 13.6. The first-order valence-electron chi connectivity index (χ1n) is 5.99. The Balaban J connectivity index is 2.15. The fourth-order valence-corrected chi connectivity index (χ4v) is 1.57. The highest BCUT2D eigenvalue weighted by atomic mass is 35.5. The average Bonchev–Trinajstić information content (AvgIpc) is 2.34. The monoisotopic (exact) mass is 269 g/mol. The minimum absolute atomic E-state index is 0.135. The summed E-state index contributed by atoms with van der Waals surface area (Å²) in [6.45, 7) is 2.17. The van der Waals surface area contributed by atoms with Gasteiger partial charge in [-0.25, -0.2) is 4.79 Å². The number of rotatable bonds is 6. The van der Waals surface area contributed by atoms with E-state index in [-0.39, 0.29) is 6.03 Å². The van der Waals surface area contributed by atoms with Gasteiger partial charge in [0.05, 0.1) is 0 Å². The lowest BCUT2D eigenvalue weighted by Gasteiger charge is -2.10. The molecule has 0 saturated heterocycles. The highest BCUT2D eigenvalue weighted by Crippen LogP contribution is 2.08. The third-order valence-corrected chi connectivity index (χ3v) is 2.69. The maximum absolute atomic E-state index is 11.5. The van der Waals surface area contributed by atoms with Crippen LogP contribution in [0, 0.1) is 0 Å². The number of nitrogens with one attached hydrogen (secondary N) is 2. The molecule has 0 bridgehead atoms. The van der Waals surface area contributed by atoms with E-state index in [1.54, 1.807) is 0 Å². The number of hydrogen-bond donors (Lipinski definition) is 2. The standard InChI is InChI=1S/C13H20ClN3O/c1-17(2)9-3-8-15-13(18)16-10-11-4-6-12(14)7-5-11/h4-7H,3,8-10H2,1-2H3,(H2,15,16,18). The van der Waals surface area contributed by atoms with E-state index in [2.05, 4.69) is 15.5 Å². The lowest BCUT2D eigenvalue weighted by atomic mass is 10.2. The third-order valence-electron chi connectivity index (χ3n) is 2.43. The van der Waals surface area contributed by atoms with Gasteiger partial charge < -0.3 is 15.5 Å². The summed E-state index contributed by atoms with van der Waals surface area (Å²) in [6, 6.07) is 7.29. The number of halogens is 1. The second kappa shape index (κ2) is 7.95. The van der Waals surface area contributed by atoms with E-state index >= 15 is 0 Å². The molecule has 0 radical (unpaired) electrons. The molecule has 1 aromatic carbocycles. The lowest BCUT2D eigenvalue weighted by molar-refractivity contribution is 0.240. The van der Waals surface area contributed by atoms with Crippen LogP contribution in [0.1, 0.15) is 12.0 Å². The Morgan fingerprint density at radius 3 is 2.50 bits per heavy atom. The van der Waals surface area contributed by atoms with Crippen LogP contribution in [-0.2, 0) is 6.54 Å². The van der Waals surface area contributed by atoms with E-state index in [0.29, 0.717) is 18.1 Å². The topological polar surface area (TPSA) is 44.4 Å². The minimum Gasteiger partial charge on any atom is -0.338 e. The predicted molar refractivity (Wildman–Crippen MR) is 74.9 cm³/mol. The van der Waals surface area contributed by atoms with Crippen molar-refractivity contribution in [2.45, 2.75) is 13.0 Å². The Morgan fingerprint density at radius 1 is 1.22 bits per heavy atom. The maximum Gasteiger partial charge on any atom is 0.315 e. The number of urea groups is 1. The van der Waals surface area contributed by atoms with Crippen molar-refractivity contribution in [1.29, 1.82) is 0 Å². The number of carbonyl (C=O) groups is 1. The molecule has 5 heteroatoms. The first kappa shape index (κ1) is 14.8. The van der Waals surface area contributed by atoms with Crippen molar-refractivity contribution in [3.05, 3.63) is 34.9 Å². The van der Waals surface area contributed by atoms with Gasteiger partial charge >= 0.3 is 6.03 Å². The number of hydrogen-bond acceptors (Lipinski definition) is 2. The Kier molecular flexibility index (Phi) is 6.54. The molecule has 0 aliphatic carbocycles. The summed E-state index contributed by atoms with van der Waals surface area (Å²) in [5, 5.41) is 6.32. The quantitative estimate of drug-likeness (QED) is 0.777. The molecule has 0 spiro atoms. The second-order valence-electron chi connectivity index (χ2n) is 4.39. The molecule has 0 aliphatic heterocycles. The summed E-state index contributed by atoms with van der Waals surface area (Å²) in [7, 11) is 4.03. The third kappa shape index (κ3) is 6.47. The fraction of sp³-hybridized carbons (Fsp3) is 0.462. The zero-order valence-electron chi connectivity index (χ0n) is 10.9. The van der Waals surface area contributed by atoms with Crippen LogP contribution in [0.4, 0.5) is 4.79 Å². The van der Waals surface area contributed by atoms with Gasteiger partial charge in [-0.3, -0.25) is 0 Å². The number of amides is 2. The van der Waals surface area contributed by atoms with Crippen molar-refractivity contribution < 1.29 is 4.79 Å². The second-order valence-corrected chi connectivity index (χ2v) is 4.83. The minimum atomic E-state index is -0.135. The van der Waals surface area contributed by atoms with Gasteiger partial charge in [-0.05, 0) is 44.8 Å².